The van der Waals surface area contributed by atoms with E-state index in [1.807, 2.05) is 6.07 Å². The summed E-state index contributed by atoms with van der Waals surface area (Å²) in [4.78, 5) is 28.3. The van der Waals surface area contributed by atoms with Gasteiger partial charge in [-0.2, -0.15) is 0 Å². The van der Waals surface area contributed by atoms with Gasteiger partial charge >= 0.3 is 0 Å². The number of nitrogens with zero attached hydrogens (tertiary/aromatic N) is 1. The number of amides is 1. The van der Waals surface area contributed by atoms with Gasteiger partial charge in [-0.1, -0.05) is 26.0 Å². The van der Waals surface area contributed by atoms with Gasteiger partial charge < -0.3 is 19.8 Å². The van der Waals surface area contributed by atoms with Gasteiger partial charge in [-0.15, -0.1) is 0 Å². The number of aliphatic hydroxyl groups is 1. The lowest BCUT2D eigenvalue weighted by atomic mass is 9.69. The van der Waals surface area contributed by atoms with E-state index in [2.05, 4.69) is 13.8 Å². The molecule has 0 spiro atoms. The molecule has 2 aliphatic heterocycles. The summed E-state index contributed by atoms with van der Waals surface area (Å²) in [5.41, 5.74) is 1.10. The highest BCUT2D eigenvalue weighted by atomic mass is 16.5. The Kier molecular flexibility index (Phi) is 4.91. The molecule has 2 N–H and O–H groups in total. The van der Waals surface area contributed by atoms with Crippen LogP contribution in [0.2, 0.25) is 0 Å². The lowest BCUT2D eigenvalue weighted by molar-refractivity contribution is -0.138. The van der Waals surface area contributed by atoms with Crippen LogP contribution < -0.4 is 0 Å². The number of carbonyl (C=O) groups is 2. The summed E-state index contributed by atoms with van der Waals surface area (Å²) in [5, 5.41) is 19.2. The van der Waals surface area contributed by atoms with Crippen molar-refractivity contribution in [2.75, 3.05) is 13.2 Å². The predicted octanol–water partition coefficient (Wildman–Crippen LogP) is 2.56. The van der Waals surface area contributed by atoms with Crippen LogP contribution in [-0.2, 0) is 14.3 Å². The molecule has 5 unspecified atom stereocenters. The Bertz CT molecular complexity index is 832. The van der Waals surface area contributed by atoms with E-state index in [1.165, 1.54) is 0 Å². The first-order valence-corrected chi connectivity index (χ1v) is 10.1. The molecule has 0 saturated heterocycles. The molecule has 0 aromatic heterocycles. The van der Waals surface area contributed by atoms with Crippen molar-refractivity contribution in [3.63, 3.8) is 0 Å². The first-order valence-electron chi connectivity index (χ1n) is 10.1. The van der Waals surface area contributed by atoms with Crippen molar-refractivity contribution >= 4 is 11.7 Å². The molecule has 1 aromatic carbocycles. The maximum absolute atomic E-state index is 13.6. The monoisotopic (exact) mass is 385 g/mol. The number of rotatable bonds is 4. The van der Waals surface area contributed by atoms with Crippen LogP contribution in [0.1, 0.15) is 44.7 Å². The third kappa shape index (κ3) is 3.00. The fraction of sp³-hybridized carbons (Fsp3) is 0.545. The van der Waals surface area contributed by atoms with E-state index in [-0.39, 0.29) is 47.7 Å². The van der Waals surface area contributed by atoms with Gasteiger partial charge in [0, 0.05) is 13.2 Å². The summed E-state index contributed by atoms with van der Waals surface area (Å²) in [6.45, 7) is 4.52. The lowest BCUT2D eigenvalue weighted by Gasteiger charge is -2.41. The largest absolute Gasteiger partial charge is 0.508 e. The standard InChI is InChI=1S/C22H27NO5/c1-12-9-13(2)17-16(10-12)28-21-18(20(17)26)19(14-5-3-6-15(25)11-14)23(22(21)27)7-4-8-24/h3,5-6,11-13,16-17,19,24-25H,4,7-10H2,1-2H3. The molecule has 1 aliphatic carbocycles. The Morgan fingerprint density at radius 2 is 2.00 bits per heavy atom. The molecule has 6 nitrogen and oxygen atoms in total. The smallest absolute Gasteiger partial charge is 0.290 e. The Balaban J connectivity index is 1.78. The van der Waals surface area contributed by atoms with Crippen LogP contribution in [-0.4, -0.2) is 46.1 Å². The molecule has 1 aromatic rings. The fourth-order valence-electron chi connectivity index (χ4n) is 5.18. The van der Waals surface area contributed by atoms with E-state index in [0.29, 0.717) is 30.0 Å². The van der Waals surface area contributed by atoms with Crippen LogP contribution in [0.15, 0.2) is 35.6 Å². The number of phenolic OH excluding ortho intramolecular Hbond substituents is 1. The molecule has 150 valence electrons. The molecule has 0 bridgehead atoms. The normalized spacial score (nSPS) is 32.2. The first-order chi connectivity index (χ1) is 13.4. The van der Waals surface area contributed by atoms with Crippen LogP contribution in [0.25, 0.3) is 0 Å². The molecule has 3 aliphatic rings. The summed E-state index contributed by atoms with van der Waals surface area (Å²) in [6.07, 6.45) is 1.91. The van der Waals surface area contributed by atoms with Crippen molar-refractivity contribution in [3.05, 3.63) is 41.2 Å². The van der Waals surface area contributed by atoms with Crippen molar-refractivity contribution in [2.24, 2.45) is 17.8 Å². The zero-order valence-corrected chi connectivity index (χ0v) is 16.3. The zero-order chi connectivity index (χ0) is 20.0. The molecule has 1 amide bonds. The van der Waals surface area contributed by atoms with Crippen LogP contribution in [0.4, 0.5) is 0 Å². The van der Waals surface area contributed by atoms with Gasteiger partial charge in [0.05, 0.1) is 17.5 Å². The predicted molar refractivity (Wildman–Crippen MR) is 102 cm³/mol. The fourth-order valence-corrected chi connectivity index (χ4v) is 5.18. The second kappa shape index (κ2) is 7.24. The van der Waals surface area contributed by atoms with E-state index in [9.17, 15) is 19.8 Å². The van der Waals surface area contributed by atoms with Gasteiger partial charge in [0.25, 0.3) is 5.91 Å². The van der Waals surface area contributed by atoms with E-state index in [0.717, 1.165) is 12.8 Å². The minimum atomic E-state index is -0.582. The summed E-state index contributed by atoms with van der Waals surface area (Å²) >= 11 is 0. The summed E-state index contributed by atoms with van der Waals surface area (Å²) in [5.74, 6) is 0.368. The van der Waals surface area contributed by atoms with Crippen LogP contribution in [0, 0.1) is 17.8 Å². The number of ketones is 1. The number of carbonyl (C=O) groups excluding carboxylic acids is 2. The molecule has 6 heteroatoms. The second-order valence-electron chi connectivity index (χ2n) is 8.42. The molecular weight excluding hydrogens is 358 g/mol. The minimum Gasteiger partial charge on any atom is -0.508 e. The minimum absolute atomic E-state index is 0.00107. The quantitative estimate of drug-likeness (QED) is 0.832. The topological polar surface area (TPSA) is 87.1 Å². The maximum Gasteiger partial charge on any atom is 0.290 e. The Morgan fingerprint density at radius 1 is 1.21 bits per heavy atom. The van der Waals surface area contributed by atoms with Crippen molar-refractivity contribution in [2.45, 2.75) is 45.3 Å². The number of benzene rings is 1. The number of hydrogen-bond donors (Lipinski definition) is 2. The van der Waals surface area contributed by atoms with Crippen molar-refractivity contribution in [1.29, 1.82) is 0 Å². The Morgan fingerprint density at radius 3 is 2.71 bits per heavy atom. The lowest BCUT2D eigenvalue weighted by Crippen LogP contribution is -2.45. The Hall–Kier alpha value is -2.34. The van der Waals surface area contributed by atoms with E-state index in [4.69, 9.17) is 4.74 Å². The van der Waals surface area contributed by atoms with Crippen molar-refractivity contribution < 1.29 is 24.5 Å². The number of hydrogen-bond acceptors (Lipinski definition) is 5. The SMILES string of the molecule is CC1CC(C)C2C(=O)C3=C(OC2C1)C(=O)N(CCCO)C3c1cccc(O)c1. The van der Waals surface area contributed by atoms with Gasteiger partial charge in [0.2, 0.25) is 0 Å². The third-order valence-electron chi connectivity index (χ3n) is 6.29. The summed E-state index contributed by atoms with van der Waals surface area (Å²) < 4.78 is 6.17. The molecule has 1 saturated carbocycles. The van der Waals surface area contributed by atoms with Gasteiger partial charge in [-0.3, -0.25) is 9.59 Å². The van der Waals surface area contributed by atoms with Crippen molar-refractivity contribution in [1.82, 2.24) is 4.90 Å². The van der Waals surface area contributed by atoms with Crippen LogP contribution in [0.3, 0.4) is 0 Å². The molecule has 0 radical (unpaired) electrons. The van der Waals surface area contributed by atoms with E-state index in [1.54, 1.807) is 23.1 Å². The number of phenols is 1. The second-order valence-corrected chi connectivity index (χ2v) is 8.42. The molecule has 4 rings (SSSR count). The van der Waals surface area contributed by atoms with E-state index < -0.39 is 6.04 Å². The van der Waals surface area contributed by atoms with Crippen molar-refractivity contribution in [3.8, 4) is 5.75 Å². The first kappa shape index (κ1) is 19.0. The van der Waals surface area contributed by atoms with Gasteiger partial charge in [-0.05, 0) is 48.8 Å². The van der Waals surface area contributed by atoms with Gasteiger partial charge in [0.15, 0.2) is 11.5 Å². The number of aliphatic hydroxyl groups excluding tert-OH is 1. The molecule has 28 heavy (non-hydrogen) atoms. The van der Waals surface area contributed by atoms with E-state index >= 15 is 0 Å². The van der Waals surface area contributed by atoms with Gasteiger partial charge in [0.1, 0.15) is 11.9 Å². The number of ether oxygens (including phenoxy) is 1. The van der Waals surface area contributed by atoms with Crippen LogP contribution >= 0.6 is 0 Å². The van der Waals surface area contributed by atoms with Gasteiger partial charge in [-0.25, -0.2) is 0 Å². The number of Topliss-reactive ketones (excluding diaryl/α,β-unsaturated/α-hetero) is 1. The average Bonchev–Trinajstić information content (AvgIpc) is 2.92. The Labute approximate surface area is 164 Å². The molecule has 5 atom stereocenters. The highest BCUT2D eigenvalue weighted by Gasteiger charge is 2.53. The highest BCUT2D eigenvalue weighted by molar-refractivity contribution is 6.11. The number of fused-ring (bicyclic) bond motifs is 1. The summed E-state index contributed by atoms with van der Waals surface area (Å²) in [7, 11) is 0. The number of aromatic hydroxyl groups is 1. The molecular formula is C22H27NO5. The maximum atomic E-state index is 13.6. The molecule has 1 fully saturated rings. The third-order valence-corrected chi connectivity index (χ3v) is 6.29. The highest BCUT2D eigenvalue weighted by Crippen LogP contribution is 2.49. The summed E-state index contributed by atoms with van der Waals surface area (Å²) in [6, 6.07) is 6.09. The van der Waals surface area contributed by atoms with Crippen LogP contribution in [0.5, 0.6) is 5.75 Å². The average molecular weight is 385 g/mol. The zero-order valence-electron chi connectivity index (χ0n) is 16.3. The molecule has 2 heterocycles.